The number of nitrogens with one attached hydrogen (secondary N) is 1. The van der Waals surface area contributed by atoms with Gasteiger partial charge in [-0.2, -0.15) is 5.10 Å². The van der Waals surface area contributed by atoms with E-state index >= 15 is 4.39 Å². The fourth-order valence-corrected chi connectivity index (χ4v) is 4.81. The summed E-state index contributed by atoms with van der Waals surface area (Å²) in [5.41, 5.74) is 3.34. The lowest BCUT2D eigenvalue weighted by atomic mass is 9.95. The van der Waals surface area contributed by atoms with Crippen LogP contribution in [0, 0.1) is 15.9 Å². The average Bonchev–Trinajstić information content (AvgIpc) is 3.40. The molecule has 166 valence electrons. The Morgan fingerprint density at radius 1 is 1.33 bits per heavy atom. The zero-order valence-electron chi connectivity index (χ0n) is 17.1. The number of hydrogen-bond acceptors (Lipinski definition) is 8. The van der Waals surface area contributed by atoms with Crippen LogP contribution >= 0.6 is 11.3 Å². The fraction of sp³-hybridized carbons (Fsp3) is 0.143. The monoisotopic (exact) mass is 466 g/mol. The van der Waals surface area contributed by atoms with E-state index in [2.05, 4.69) is 25.1 Å². The number of aryl methyl sites for hydroxylation is 1. The van der Waals surface area contributed by atoms with Gasteiger partial charge >= 0.3 is 6.09 Å². The lowest BCUT2D eigenvalue weighted by molar-refractivity contribution is -0.385. The van der Waals surface area contributed by atoms with Crippen molar-refractivity contribution in [3.63, 3.8) is 0 Å². The number of nitro groups is 1. The first kappa shape index (κ1) is 20.7. The predicted molar refractivity (Wildman–Crippen MR) is 118 cm³/mol. The summed E-state index contributed by atoms with van der Waals surface area (Å²) < 4.78 is 21.1. The van der Waals surface area contributed by atoms with Gasteiger partial charge in [0.1, 0.15) is 5.69 Å². The number of benzene rings is 1. The van der Waals surface area contributed by atoms with Crippen LogP contribution in [0.4, 0.5) is 20.0 Å². The molecule has 1 amide bonds. The number of amides is 1. The number of anilines is 1. The number of methoxy groups -OCH3 is 1. The molecule has 33 heavy (non-hydrogen) atoms. The highest BCUT2D eigenvalue weighted by atomic mass is 32.1. The Kier molecular flexibility index (Phi) is 5.05. The summed E-state index contributed by atoms with van der Waals surface area (Å²) in [5.74, 6) is -0.781. The van der Waals surface area contributed by atoms with Gasteiger partial charge in [-0.3, -0.25) is 20.4 Å². The number of halogens is 1. The summed E-state index contributed by atoms with van der Waals surface area (Å²) in [7, 11) is 1.26. The summed E-state index contributed by atoms with van der Waals surface area (Å²) >= 11 is 1.22. The largest absolute Gasteiger partial charge is 0.453 e. The molecule has 4 aromatic rings. The molecule has 3 heterocycles. The molecule has 0 bridgehead atoms. The maximum Gasteiger partial charge on any atom is 0.413 e. The van der Waals surface area contributed by atoms with Gasteiger partial charge in [0.05, 0.1) is 40.1 Å². The van der Waals surface area contributed by atoms with Crippen molar-refractivity contribution < 1.29 is 18.8 Å². The lowest BCUT2D eigenvalue weighted by Gasteiger charge is -2.14. The Bertz CT molecular complexity index is 1400. The zero-order chi connectivity index (χ0) is 23.1. The molecular weight excluding hydrogens is 451 g/mol. The first-order valence-electron chi connectivity index (χ1n) is 9.78. The van der Waals surface area contributed by atoms with Gasteiger partial charge < -0.3 is 4.74 Å². The molecule has 12 heteroatoms. The van der Waals surface area contributed by atoms with Crippen molar-refractivity contribution in [2.45, 2.75) is 12.8 Å². The molecule has 3 aromatic heterocycles. The number of nitrogens with zero attached hydrogens (tertiary/aromatic N) is 5. The van der Waals surface area contributed by atoms with Crippen LogP contribution in [-0.2, 0) is 17.6 Å². The van der Waals surface area contributed by atoms with Crippen LogP contribution in [-0.4, -0.2) is 37.9 Å². The van der Waals surface area contributed by atoms with Gasteiger partial charge in [-0.1, -0.05) is 11.3 Å². The molecule has 1 N–H and O–H groups in total. The fourth-order valence-electron chi connectivity index (χ4n) is 3.75. The van der Waals surface area contributed by atoms with Crippen LogP contribution in [0.1, 0.15) is 11.3 Å². The van der Waals surface area contributed by atoms with Gasteiger partial charge in [-0.25, -0.2) is 18.9 Å². The molecule has 1 aliphatic carbocycles. The molecule has 0 spiro atoms. The third-order valence-corrected chi connectivity index (χ3v) is 6.23. The summed E-state index contributed by atoms with van der Waals surface area (Å²) in [5, 5.41) is 18.7. The lowest BCUT2D eigenvalue weighted by Crippen LogP contribution is -2.10. The minimum Gasteiger partial charge on any atom is -0.453 e. The highest BCUT2D eigenvalue weighted by Gasteiger charge is 2.31. The first-order chi connectivity index (χ1) is 16.0. The van der Waals surface area contributed by atoms with Crippen molar-refractivity contribution in [3.8, 4) is 27.5 Å². The molecule has 0 saturated carbocycles. The Hall–Kier alpha value is -4.19. The number of thiazole rings is 1. The van der Waals surface area contributed by atoms with Crippen LogP contribution in [0.15, 0.2) is 42.7 Å². The molecule has 0 saturated heterocycles. The zero-order valence-corrected chi connectivity index (χ0v) is 17.9. The summed E-state index contributed by atoms with van der Waals surface area (Å²) in [6.45, 7) is 0. The van der Waals surface area contributed by atoms with E-state index < -0.39 is 16.8 Å². The van der Waals surface area contributed by atoms with E-state index in [4.69, 9.17) is 0 Å². The predicted octanol–water partition coefficient (Wildman–Crippen LogP) is 4.38. The topological polar surface area (TPSA) is 125 Å². The minimum absolute atomic E-state index is 0.0655. The number of aromatic nitrogens is 4. The molecule has 0 fully saturated rings. The van der Waals surface area contributed by atoms with Crippen LogP contribution in [0.5, 0.6) is 0 Å². The van der Waals surface area contributed by atoms with Gasteiger partial charge in [0.2, 0.25) is 0 Å². The Morgan fingerprint density at radius 3 is 2.88 bits per heavy atom. The van der Waals surface area contributed by atoms with Crippen LogP contribution in [0.2, 0.25) is 0 Å². The van der Waals surface area contributed by atoms with Crippen molar-refractivity contribution in [2.24, 2.45) is 0 Å². The van der Waals surface area contributed by atoms with Gasteiger partial charge in [0.15, 0.2) is 10.9 Å². The smallest absolute Gasteiger partial charge is 0.413 e. The van der Waals surface area contributed by atoms with E-state index in [1.165, 1.54) is 35.3 Å². The molecular formula is C21H15FN6O4S. The van der Waals surface area contributed by atoms with Crippen molar-refractivity contribution in [1.29, 1.82) is 0 Å². The number of rotatable bonds is 4. The second kappa shape index (κ2) is 8.06. The average molecular weight is 466 g/mol. The van der Waals surface area contributed by atoms with E-state index in [1.54, 1.807) is 18.5 Å². The summed E-state index contributed by atoms with van der Waals surface area (Å²) in [6, 6.07) is 7.08. The number of ether oxygens (including phenoxy) is 1. The van der Waals surface area contributed by atoms with E-state index in [0.29, 0.717) is 29.4 Å². The first-order valence-corrected chi connectivity index (χ1v) is 10.6. The van der Waals surface area contributed by atoms with Crippen molar-refractivity contribution in [3.05, 3.63) is 69.9 Å². The number of carbonyl (C=O) groups excluding carboxylic acids is 1. The number of nitro benzene ring substituents is 1. The molecule has 0 atom stereocenters. The minimum atomic E-state index is -0.781. The molecule has 10 nitrogen and oxygen atoms in total. The molecule has 1 aliphatic rings. The second-order valence-corrected chi connectivity index (χ2v) is 8.13. The molecule has 0 aliphatic heterocycles. The number of carbonyl (C=O) groups is 1. The SMILES string of the molecule is COC(=O)Nc1nc2c(s1)-c1c(c(-c3cccnc3)nn1-c1ccc([N+](=O)[O-])cc1F)CC2. The normalized spacial score (nSPS) is 12.1. The van der Waals surface area contributed by atoms with E-state index in [9.17, 15) is 14.9 Å². The Labute approximate surface area is 189 Å². The van der Waals surface area contributed by atoms with Gasteiger partial charge in [0, 0.05) is 29.6 Å². The summed E-state index contributed by atoms with van der Waals surface area (Å²) in [4.78, 5) is 31.4. The van der Waals surface area contributed by atoms with E-state index in [1.807, 2.05) is 6.07 Å². The van der Waals surface area contributed by atoms with E-state index in [0.717, 1.165) is 27.8 Å². The van der Waals surface area contributed by atoms with Crippen molar-refractivity contribution in [1.82, 2.24) is 19.7 Å². The van der Waals surface area contributed by atoms with Crippen LogP contribution in [0.25, 0.3) is 27.5 Å². The Morgan fingerprint density at radius 2 is 2.18 bits per heavy atom. The van der Waals surface area contributed by atoms with Gasteiger partial charge in [0.25, 0.3) is 5.69 Å². The van der Waals surface area contributed by atoms with Crippen LogP contribution < -0.4 is 5.32 Å². The summed E-state index contributed by atoms with van der Waals surface area (Å²) in [6.07, 6.45) is 3.86. The molecule has 0 unspecified atom stereocenters. The highest BCUT2D eigenvalue weighted by molar-refractivity contribution is 7.19. The molecule has 1 aromatic carbocycles. The van der Waals surface area contributed by atoms with Crippen molar-refractivity contribution in [2.75, 3.05) is 12.4 Å². The molecule has 0 radical (unpaired) electrons. The second-order valence-electron chi connectivity index (χ2n) is 7.13. The highest BCUT2D eigenvalue weighted by Crippen LogP contribution is 2.44. The third-order valence-electron chi connectivity index (χ3n) is 5.21. The van der Waals surface area contributed by atoms with Crippen molar-refractivity contribution >= 4 is 28.2 Å². The van der Waals surface area contributed by atoms with E-state index in [-0.39, 0.29) is 11.4 Å². The molecule has 5 rings (SSSR count). The standard InChI is InChI=1S/C21H15FN6O4S/c1-32-21(29)25-20-24-15-6-5-13-17(11-3-2-8-23-10-11)26-27(18(13)19(15)33-20)16-7-4-12(28(30)31)9-14(16)22/h2-4,7-10H,5-6H2,1H3,(H,24,25,29). The maximum absolute atomic E-state index is 15.0. The number of hydrogen-bond donors (Lipinski definition) is 1. The number of pyridine rings is 1. The Balaban J connectivity index is 1.72. The van der Waals surface area contributed by atoms with Gasteiger partial charge in [-0.15, -0.1) is 0 Å². The number of fused-ring (bicyclic) bond motifs is 3. The number of non-ortho nitro benzene ring substituents is 1. The quantitative estimate of drug-likeness (QED) is 0.349. The maximum atomic E-state index is 15.0. The van der Waals surface area contributed by atoms with Crippen LogP contribution in [0.3, 0.4) is 0 Å². The van der Waals surface area contributed by atoms with Gasteiger partial charge in [-0.05, 0) is 31.0 Å². The third kappa shape index (κ3) is 3.59.